The van der Waals surface area contributed by atoms with Gasteiger partial charge in [-0.25, -0.2) is 0 Å². The molecule has 2 aromatic rings. The number of guanidine groups is 1. The highest BCUT2D eigenvalue weighted by molar-refractivity contribution is 14.0. The minimum absolute atomic E-state index is 0. The van der Waals surface area contributed by atoms with E-state index in [0.29, 0.717) is 11.6 Å². The SMILES string of the molecule is CN=C(NCCCc1nc(C(C)C)no1)N1CCN(c2ccccc2O)CC1.I. The van der Waals surface area contributed by atoms with E-state index in [0.717, 1.165) is 63.0 Å². The van der Waals surface area contributed by atoms with Crippen LogP contribution in [-0.2, 0) is 6.42 Å². The standard InChI is InChI=1S/C20H30N6O2.HI/c1-15(2)19-23-18(28-24-19)9-6-10-22-20(21-3)26-13-11-25(12-14-26)16-7-4-5-8-17(16)27;/h4-5,7-8,15,27H,6,9-14H2,1-3H3,(H,21,22);1H. The molecule has 1 aliphatic rings. The van der Waals surface area contributed by atoms with Crippen molar-refractivity contribution in [3.63, 3.8) is 0 Å². The Morgan fingerprint density at radius 3 is 2.59 bits per heavy atom. The number of aromatic nitrogens is 2. The molecule has 1 fully saturated rings. The Hall–Kier alpha value is -2.04. The maximum atomic E-state index is 10.0. The first-order valence-corrected chi connectivity index (χ1v) is 9.89. The Morgan fingerprint density at radius 1 is 1.24 bits per heavy atom. The average molecular weight is 514 g/mol. The van der Waals surface area contributed by atoms with Crippen LogP contribution < -0.4 is 10.2 Å². The van der Waals surface area contributed by atoms with Crippen molar-refractivity contribution in [3.8, 4) is 5.75 Å². The normalized spacial score (nSPS) is 14.8. The molecule has 0 amide bonds. The lowest BCUT2D eigenvalue weighted by atomic mass is 10.2. The minimum Gasteiger partial charge on any atom is -0.506 e. The molecule has 2 heterocycles. The molecule has 1 aromatic carbocycles. The van der Waals surface area contributed by atoms with E-state index in [2.05, 4.69) is 44.1 Å². The van der Waals surface area contributed by atoms with E-state index in [4.69, 9.17) is 4.52 Å². The van der Waals surface area contributed by atoms with Crippen molar-refractivity contribution < 1.29 is 9.63 Å². The van der Waals surface area contributed by atoms with Crippen molar-refractivity contribution in [3.05, 3.63) is 36.0 Å². The molecule has 1 aliphatic heterocycles. The molecular formula is C20H31IN6O2. The summed E-state index contributed by atoms with van der Waals surface area (Å²) >= 11 is 0. The van der Waals surface area contributed by atoms with Gasteiger partial charge in [-0.2, -0.15) is 4.98 Å². The number of para-hydroxylation sites is 2. The molecule has 0 spiro atoms. The summed E-state index contributed by atoms with van der Waals surface area (Å²) in [6.07, 6.45) is 1.65. The maximum Gasteiger partial charge on any atom is 0.226 e. The van der Waals surface area contributed by atoms with Crippen molar-refractivity contribution in [2.75, 3.05) is 44.7 Å². The number of aromatic hydroxyl groups is 1. The average Bonchev–Trinajstić information content (AvgIpc) is 3.18. The summed E-state index contributed by atoms with van der Waals surface area (Å²) in [5.41, 5.74) is 0.894. The molecule has 1 saturated heterocycles. The van der Waals surface area contributed by atoms with Crippen LogP contribution in [0.3, 0.4) is 0 Å². The molecule has 9 heteroatoms. The van der Waals surface area contributed by atoms with Crippen molar-refractivity contribution in [2.24, 2.45) is 4.99 Å². The third-order valence-corrected chi connectivity index (χ3v) is 4.86. The number of hydrogen-bond donors (Lipinski definition) is 2. The van der Waals surface area contributed by atoms with Gasteiger partial charge in [0.25, 0.3) is 0 Å². The van der Waals surface area contributed by atoms with E-state index in [9.17, 15) is 5.11 Å². The molecule has 0 atom stereocenters. The van der Waals surface area contributed by atoms with E-state index >= 15 is 0 Å². The fourth-order valence-electron chi connectivity index (χ4n) is 3.27. The van der Waals surface area contributed by atoms with Gasteiger partial charge in [0.15, 0.2) is 11.8 Å². The summed E-state index contributed by atoms with van der Waals surface area (Å²) in [4.78, 5) is 13.3. The zero-order chi connectivity index (χ0) is 19.9. The van der Waals surface area contributed by atoms with Crippen molar-refractivity contribution >= 4 is 35.6 Å². The van der Waals surface area contributed by atoms with Crippen LogP contribution in [0.2, 0.25) is 0 Å². The summed E-state index contributed by atoms with van der Waals surface area (Å²) in [5.74, 6) is 2.98. The number of hydrogen-bond acceptors (Lipinski definition) is 6. The van der Waals surface area contributed by atoms with Gasteiger partial charge in [0, 0.05) is 52.1 Å². The van der Waals surface area contributed by atoms with Gasteiger partial charge in [-0.3, -0.25) is 4.99 Å². The quantitative estimate of drug-likeness (QED) is 0.265. The number of piperazine rings is 1. The van der Waals surface area contributed by atoms with Gasteiger partial charge in [-0.15, -0.1) is 24.0 Å². The van der Waals surface area contributed by atoms with E-state index in [1.54, 1.807) is 6.07 Å². The monoisotopic (exact) mass is 514 g/mol. The first kappa shape index (κ1) is 23.2. The van der Waals surface area contributed by atoms with Gasteiger partial charge in [0.05, 0.1) is 5.69 Å². The predicted molar refractivity (Wildman–Crippen MR) is 125 cm³/mol. The van der Waals surface area contributed by atoms with Crippen LogP contribution >= 0.6 is 24.0 Å². The number of phenols is 1. The minimum atomic E-state index is 0. The molecule has 0 aliphatic carbocycles. The topological polar surface area (TPSA) is 90.0 Å². The number of rotatable bonds is 6. The van der Waals surface area contributed by atoms with Crippen molar-refractivity contribution in [2.45, 2.75) is 32.6 Å². The fourth-order valence-corrected chi connectivity index (χ4v) is 3.27. The molecule has 29 heavy (non-hydrogen) atoms. The molecule has 1 aromatic heterocycles. The Balaban J connectivity index is 0.00000300. The number of benzene rings is 1. The first-order chi connectivity index (χ1) is 13.6. The smallest absolute Gasteiger partial charge is 0.226 e. The second-order valence-electron chi connectivity index (χ2n) is 7.24. The molecule has 160 valence electrons. The fraction of sp³-hybridized carbons (Fsp3) is 0.550. The summed E-state index contributed by atoms with van der Waals surface area (Å²) in [6.45, 7) is 8.31. The Morgan fingerprint density at radius 2 is 1.97 bits per heavy atom. The third kappa shape index (κ3) is 6.22. The lowest BCUT2D eigenvalue weighted by molar-refractivity contribution is 0.362. The van der Waals surface area contributed by atoms with Crippen LogP contribution in [0.4, 0.5) is 5.69 Å². The molecule has 0 saturated carbocycles. The van der Waals surface area contributed by atoms with Gasteiger partial charge in [0.1, 0.15) is 5.75 Å². The van der Waals surface area contributed by atoms with Gasteiger partial charge >= 0.3 is 0 Å². The number of aryl methyl sites for hydroxylation is 1. The van der Waals surface area contributed by atoms with Crippen LogP contribution in [0.15, 0.2) is 33.8 Å². The predicted octanol–water partition coefficient (Wildman–Crippen LogP) is 2.85. The second-order valence-corrected chi connectivity index (χ2v) is 7.24. The van der Waals surface area contributed by atoms with Crippen LogP contribution in [0, 0.1) is 0 Å². The summed E-state index contributed by atoms with van der Waals surface area (Å²) in [7, 11) is 1.81. The number of aliphatic imine (C=N–C) groups is 1. The Bertz CT molecular complexity index is 787. The lowest BCUT2D eigenvalue weighted by Gasteiger charge is -2.37. The van der Waals surface area contributed by atoms with Gasteiger partial charge < -0.3 is 24.7 Å². The van der Waals surface area contributed by atoms with Gasteiger partial charge in [-0.1, -0.05) is 31.1 Å². The molecule has 0 unspecified atom stereocenters. The number of phenolic OH excluding ortho intramolecular Hbond substituents is 1. The van der Waals surface area contributed by atoms with Crippen molar-refractivity contribution in [1.29, 1.82) is 0 Å². The highest BCUT2D eigenvalue weighted by atomic mass is 127. The Kier molecular flexibility index (Phi) is 8.99. The zero-order valence-electron chi connectivity index (χ0n) is 17.3. The largest absolute Gasteiger partial charge is 0.506 e. The lowest BCUT2D eigenvalue weighted by Crippen LogP contribution is -2.52. The highest BCUT2D eigenvalue weighted by Crippen LogP contribution is 2.27. The zero-order valence-corrected chi connectivity index (χ0v) is 19.7. The highest BCUT2D eigenvalue weighted by Gasteiger charge is 2.21. The third-order valence-electron chi connectivity index (χ3n) is 4.86. The number of nitrogens with zero attached hydrogens (tertiary/aromatic N) is 5. The van der Waals surface area contributed by atoms with E-state index < -0.39 is 0 Å². The molecule has 2 N–H and O–H groups in total. The Labute approximate surface area is 189 Å². The number of anilines is 1. The maximum absolute atomic E-state index is 10.0. The number of nitrogens with one attached hydrogen (secondary N) is 1. The van der Waals surface area contributed by atoms with E-state index in [1.165, 1.54) is 0 Å². The van der Waals surface area contributed by atoms with Crippen LogP contribution in [-0.4, -0.2) is 65.9 Å². The first-order valence-electron chi connectivity index (χ1n) is 9.89. The molecule has 0 bridgehead atoms. The summed E-state index contributed by atoms with van der Waals surface area (Å²) in [6, 6.07) is 7.49. The summed E-state index contributed by atoms with van der Waals surface area (Å²) in [5, 5.41) is 17.5. The molecule has 8 nitrogen and oxygen atoms in total. The van der Waals surface area contributed by atoms with Crippen LogP contribution in [0.1, 0.15) is 37.9 Å². The molecular weight excluding hydrogens is 483 g/mol. The second kappa shape index (κ2) is 11.2. The van der Waals surface area contributed by atoms with Crippen LogP contribution in [0.25, 0.3) is 0 Å². The summed E-state index contributed by atoms with van der Waals surface area (Å²) < 4.78 is 5.28. The van der Waals surface area contributed by atoms with Crippen molar-refractivity contribution in [1.82, 2.24) is 20.4 Å². The molecule has 0 radical (unpaired) electrons. The molecule has 3 rings (SSSR count). The van der Waals surface area contributed by atoms with Gasteiger partial charge in [0.2, 0.25) is 5.89 Å². The van der Waals surface area contributed by atoms with Gasteiger partial charge in [-0.05, 0) is 18.6 Å². The van der Waals surface area contributed by atoms with E-state index in [-0.39, 0.29) is 29.9 Å². The van der Waals surface area contributed by atoms with Crippen LogP contribution in [0.5, 0.6) is 5.75 Å². The number of halogens is 1. The van der Waals surface area contributed by atoms with E-state index in [1.807, 2.05) is 25.2 Å².